The molecule has 0 spiro atoms. The van der Waals surface area contributed by atoms with Crippen LogP contribution in [0.25, 0.3) is 0 Å². The molecule has 56 valence electrons. The molecule has 2 heteroatoms. The Hall–Kier alpha value is -0.790. The third-order valence-electron chi connectivity index (χ3n) is 1.80. The Kier molecular flexibility index (Phi) is 2.49. The van der Waals surface area contributed by atoms with E-state index in [4.69, 9.17) is 0 Å². The first kappa shape index (κ1) is 7.32. The highest BCUT2D eigenvalue weighted by molar-refractivity contribution is 5.93. The van der Waals surface area contributed by atoms with Gasteiger partial charge in [-0.2, -0.15) is 0 Å². The van der Waals surface area contributed by atoms with Gasteiger partial charge in [-0.05, 0) is 26.2 Å². The Morgan fingerprint density at radius 3 is 3.00 bits per heavy atom. The van der Waals surface area contributed by atoms with Gasteiger partial charge < -0.3 is 5.32 Å². The molecule has 0 bridgehead atoms. The fourth-order valence-electron chi connectivity index (χ4n) is 1.14. The van der Waals surface area contributed by atoms with E-state index < -0.39 is 0 Å². The molecule has 2 nitrogen and oxygen atoms in total. The lowest BCUT2D eigenvalue weighted by Crippen LogP contribution is -2.23. The lowest BCUT2D eigenvalue weighted by atomic mass is 10.1. The van der Waals surface area contributed by atoms with E-state index in [2.05, 4.69) is 5.32 Å². The predicted octanol–water partition coefficient (Wildman–Crippen LogP) is 1.23. The smallest absolute Gasteiger partial charge is 0.246 e. The average Bonchev–Trinajstić information content (AvgIpc) is 2.13. The topological polar surface area (TPSA) is 29.1 Å². The van der Waals surface area contributed by atoms with Crippen molar-refractivity contribution in [2.24, 2.45) is 0 Å². The van der Waals surface area contributed by atoms with E-state index in [9.17, 15) is 4.79 Å². The van der Waals surface area contributed by atoms with Gasteiger partial charge in [0.25, 0.3) is 0 Å². The van der Waals surface area contributed by atoms with Crippen LogP contribution in [0.15, 0.2) is 11.6 Å². The molecule has 0 aromatic rings. The molecule has 0 aromatic heterocycles. The lowest BCUT2D eigenvalue weighted by molar-refractivity contribution is -0.117. The second-order valence-electron chi connectivity index (χ2n) is 2.53. The number of hydrogen-bond donors (Lipinski definition) is 1. The molecule has 10 heavy (non-hydrogen) atoms. The van der Waals surface area contributed by atoms with E-state index in [1.165, 1.54) is 0 Å². The Labute approximate surface area is 61.3 Å². The Morgan fingerprint density at radius 2 is 2.30 bits per heavy atom. The van der Waals surface area contributed by atoms with Crippen LogP contribution >= 0.6 is 0 Å². The van der Waals surface area contributed by atoms with E-state index in [0.29, 0.717) is 0 Å². The summed E-state index contributed by atoms with van der Waals surface area (Å²) in [7, 11) is 0. The van der Waals surface area contributed by atoms with Crippen LogP contribution in [0, 0.1) is 0 Å². The molecule has 1 saturated heterocycles. The van der Waals surface area contributed by atoms with Gasteiger partial charge in [-0.15, -0.1) is 0 Å². The second kappa shape index (κ2) is 3.40. The molecule has 1 aliphatic heterocycles. The van der Waals surface area contributed by atoms with Gasteiger partial charge in [0.2, 0.25) is 5.91 Å². The minimum atomic E-state index is 0.125. The van der Waals surface area contributed by atoms with Gasteiger partial charge in [-0.25, -0.2) is 0 Å². The molecule has 1 rings (SSSR count). The summed E-state index contributed by atoms with van der Waals surface area (Å²) in [5.41, 5.74) is 0.942. The predicted molar refractivity (Wildman–Crippen MR) is 40.6 cm³/mol. The Bertz CT molecular complexity index is 161. The number of hydrogen-bond acceptors (Lipinski definition) is 1. The Balaban J connectivity index is 2.61. The maximum atomic E-state index is 11.1. The molecule has 0 unspecified atom stereocenters. The number of carbonyl (C=O) groups is 1. The van der Waals surface area contributed by atoms with Gasteiger partial charge in [0.05, 0.1) is 0 Å². The van der Waals surface area contributed by atoms with Crippen LogP contribution in [0.2, 0.25) is 0 Å². The molecule has 0 radical (unpaired) electrons. The zero-order valence-electron chi connectivity index (χ0n) is 6.31. The first-order chi connectivity index (χ1) is 4.84. The molecule has 0 atom stereocenters. The van der Waals surface area contributed by atoms with E-state index in [0.717, 1.165) is 31.4 Å². The third kappa shape index (κ3) is 1.59. The van der Waals surface area contributed by atoms with Gasteiger partial charge in [0.15, 0.2) is 0 Å². The summed E-state index contributed by atoms with van der Waals surface area (Å²) in [5, 5.41) is 2.84. The van der Waals surface area contributed by atoms with Crippen LogP contribution in [0.4, 0.5) is 0 Å². The van der Waals surface area contributed by atoms with Crippen LogP contribution in [0.1, 0.15) is 26.2 Å². The van der Waals surface area contributed by atoms with Crippen molar-refractivity contribution in [3.05, 3.63) is 11.6 Å². The molecule has 0 saturated carbocycles. The van der Waals surface area contributed by atoms with Crippen molar-refractivity contribution in [3.63, 3.8) is 0 Å². The normalized spacial score (nSPS) is 24.1. The number of carbonyl (C=O) groups excluding carboxylic acids is 1. The highest BCUT2D eigenvalue weighted by Crippen LogP contribution is 2.10. The van der Waals surface area contributed by atoms with Crippen molar-refractivity contribution in [1.29, 1.82) is 0 Å². The van der Waals surface area contributed by atoms with E-state index in [1.54, 1.807) is 0 Å². The highest BCUT2D eigenvalue weighted by atomic mass is 16.1. The summed E-state index contributed by atoms with van der Waals surface area (Å²) < 4.78 is 0. The molecule has 1 fully saturated rings. The summed E-state index contributed by atoms with van der Waals surface area (Å²) in [5.74, 6) is 0.125. The van der Waals surface area contributed by atoms with Crippen LogP contribution in [-0.4, -0.2) is 12.5 Å². The van der Waals surface area contributed by atoms with Crippen molar-refractivity contribution in [3.8, 4) is 0 Å². The van der Waals surface area contributed by atoms with E-state index in [1.807, 2.05) is 13.0 Å². The van der Waals surface area contributed by atoms with Crippen LogP contribution in [-0.2, 0) is 4.79 Å². The minimum absolute atomic E-state index is 0.125. The van der Waals surface area contributed by atoms with Crippen molar-refractivity contribution in [1.82, 2.24) is 5.32 Å². The number of allylic oxidation sites excluding steroid dienone is 1. The maximum absolute atomic E-state index is 11.1. The zero-order valence-corrected chi connectivity index (χ0v) is 6.31. The van der Waals surface area contributed by atoms with Crippen molar-refractivity contribution < 1.29 is 4.79 Å². The quantitative estimate of drug-likeness (QED) is 0.502. The van der Waals surface area contributed by atoms with Crippen LogP contribution in [0.3, 0.4) is 0 Å². The third-order valence-corrected chi connectivity index (χ3v) is 1.80. The molecule has 1 amide bonds. The second-order valence-corrected chi connectivity index (χ2v) is 2.53. The fraction of sp³-hybridized carbons (Fsp3) is 0.625. The summed E-state index contributed by atoms with van der Waals surface area (Å²) >= 11 is 0. The van der Waals surface area contributed by atoms with Gasteiger partial charge >= 0.3 is 0 Å². The first-order valence-corrected chi connectivity index (χ1v) is 3.78. The maximum Gasteiger partial charge on any atom is 0.246 e. The first-order valence-electron chi connectivity index (χ1n) is 3.78. The van der Waals surface area contributed by atoms with Gasteiger partial charge in [-0.1, -0.05) is 6.08 Å². The lowest BCUT2D eigenvalue weighted by Gasteiger charge is -1.99. The van der Waals surface area contributed by atoms with E-state index in [-0.39, 0.29) is 5.91 Å². The SMILES string of the molecule is CC=C1CCCCNC1=O. The summed E-state index contributed by atoms with van der Waals surface area (Å²) in [6.45, 7) is 2.76. The summed E-state index contributed by atoms with van der Waals surface area (Å²) in [6.07, 6.45) is 5.10. The molecular formula is C8H13NO. The largest absolute Gasteiger partial charge is 0.352 e. The highest BCUT2D eigenvalue weighted by Gasteiger charge is 2.10. The van der Waals surface area contributed by atoms with Gasteiger partial charge in [-0.3, -0.25) is 4.79 Å². The van der Waals surface area contributed by atoms with Crippen molar-refractivity contribution >= 4 is 5.91 Å². The summed E-state index contributed by atoms with van der Waals surface area (Å²) in [4.78, 5) is 11.1. The minimum Gasteiger partial charge on any atom is -0.352 e. The molecule has 0 aromatic carbocycles. The van der Waals surface area contributed by atoms with Crippen LogP contribution < -0.4 is 5.32 Å². The standard InChI is InChI=1S/C8H13NO/c1-2-7-5-3-4-6-9-8(7)10/h2H,3-6H2,1H3,(H,9,10). The van der Waals surface area contributed by atoms with Crippen LogP contribution in [0.5, 0.6) is 0 Å². The van der Waals surface area contributed by atoms with Crippen molar-refractivity contribution in [2.45, 2.75) is 26.2 Å². The number of nitrogens with one attached hydrogen (secondary N) is 1. The zero-order chi connectivity index (χ0) is 7.40. The molecule has 1 heterocycles. The monoisotopic (exact) mass is 139 g/mol. The van der Waals surface area contributed by atoms with Gasteiger partial charge in [0, 0.05) is 12.1 Å². The number of amides is 1. The molecule has 1 aliphatic rings. The molecular weight excluding hydrogens is 126 g/mol. The Morgan fingerprint density at radius 1 is 1.50 bits per heavy atom. The molecule has 1 N–H and O–H groups in total. The van der Waals surface area contributed by atoms with Gasteiger partial charge in [0.1, 0.15) is 0 Å². The number of rotatable bonds is 0. The van der Waals surface area contributed by atoms with E-state index >= 15 is 0 Å². The average molecular weight is 139 g/mol. The summed E-state index contributed by atoms with van der Waals surface area (Å²) in [6, 6.07) is 0. The van der Waals surface area contributed by atoms with Crippen molar-refractivity contribution in [2.75, 3.05) is 6.54 Å². The fourth-order valence-corrected chi connectivity index (χ4v) is 1.14. The molecule has 0 aliphatic carbocycles.